The molecule has 3 heteroatoms. The summed E-state index contributed by atoms with van der Waals surface area (Å²) in [5.74, 6) is 0. The monoisotopic (exact) mass is 200 g/mol. The van der Waals surface area contributed by atoms with Crippen molar-refractivity contribution in [2.45, 2.75) is 38.1 Å². The van der Waals surface area contributed by atoms with Crippen LogP contribution in [0.15, 0.2) is 0 Å². The van der Waals surface area contributed by atoms with Gasteiger partial charge in [0.25, 0.3) is 0 Å². The summed E-state index contributed by atoms with van der Waals surface area (Å²) in [6.07, 6.45) is 7.09. The number of aliphatic hydroxyl groups excluding tert-OH is 1. The van der Waals surface area contributed by atoms with Crippen molar-refractivity contribution >= 4 is 0 Å². The zero-order valence-corrected chi connectivity index (χ0v) is 9.34. The Labute approximate surface area is 87.5 Å². The first-order valence-electron chi connectivity index (χ1n) is 5.85. The van der Waals surface area contributed by atoms with Crippen molar-refractivity contribution in [1.82, 2.24) is 10.2 Å². The van der Waals surface area contributed by atoms with Gasteiger partial charge in [-0.2, -0.15) is 0 Å². The highest BCUT2D eigenvalue weighted by Crippen LogP contribution is 2.12. The van der Waals surface area contributed by atoms with E-state index in [1.54, 1.807) is 0 Å². The first-order chi connectivity index (χ1) is 6.95. The van der Waals surface area contributed by atoms with Gasteiger partial charge in [-0.15, -0.1) is 0 Å². The summed E-state index contributed by atoms with van der Waals surface area (Å²) in [4.78, 5) is 2.63. The number of hydrogen-bond acceptors (Lipinski definition) is 3. The van der Waals surface area contributed by atoms with Gasteiger partial charge in [0.2, 0.25) is 0 Å². The Morgan fingerprint density at radius 1 is 1.14 bits per heavy atom. The fourth-order valence-corrected chi connectivity index (χ4v) is 2.37. The quantitative estimate of drug-likeness (QED) is 0.693. The third kappa shape index (κ3) is 3.95. The molecule has 2 saturated heterocycles. The zero-order valence-electron chi connectivity index (χ0n) is 9.34. The highest BCUT2D eigenvalue weighted by atomic mass is 16.2. The Morgan fingerprint density at radius 3 is 2.43 bits per heavy atom. The fourth-order valence-electron chi connectivity index (χ4n) is 2.37. The lowest BCUT2D eigenvalue weighted by atomic mass is 10.1. The molecule has 1 atom stereocenters. The van der Waals surface area contributed by atoms with Crippen LogP contribution in [-0.4, -0.2) is 49.3 Å². The molecule has 1 unspecified atom stereocenters. The summed E-state index contributed by atoms with van der Waals surface area (Å²) in [7, 11) is 1.00. The molecule has 0 radical (unpaired) electrons. The maximum absolute atomic E-state index is 7.00. The van der Waals surface area contributed by atoms with Crippen LogP contribution in [0.1, 0.15) is 32.1 Å². The third-order valence-corrected chi connectivity index (χ3v) is 3.09. The molecule has 0 aromatic carbocycles. The first kappa shape index (κ1) is 12.0. The van der Waals surface area contributed by atoms with E-state index in [9.17, 15) is 0 Å². The van der Waals surface area contributed by atoms with Crippen molar-refractivity contribution in [3.05, 3.63) is 0 Å². The molecule has 2 rings (SSSR count). The molecule has 0 amide bonds. The molecule has 0 saturated carbocycles. The predicted octanol–water partition coefficient (Wildman–Crippen LogP) is 0.833. The number of nitrogens with zero attached hydrogens (tertiary/aromatic N) is 1. The van der Waals surface area contributed by atoms with Crippen LogP contribution in [0.5, 0.6) is 0 Å². The number of nitrogens with one attached hydrogen (secondary N) is 1. The van der Waals surface area contributed by atoms with Gasteiger partial charge < -0.3 is 15.3 Å². The lowest BCUT2D eigenvalue weighted by Crippen LogP contribution is -2.40. The molecule has 2 aliphatic rings. The minimum absolute atomic E-state index is 0.808. The maximum atomic E-state index is 7.00. The molecular formula is C11H24N2O. The SMILES string of the molecule is C1CCN(CC2CCCN2)CC1.CO. The average Bonchev–Trinajstić information content (AvgIpc) is 2.75. The highest BCUT2D eigenvalue weighted by molar-refractivity contribution is 4.78. The molecule has 0 spiro atoms. The van der Waals surface area contributed by atoms with E-state index >= 15 is 0 Å². The summed E-state index contributed by atoms with van der Waals surface area (Å²) in [6, 6.07) is 0.808. The average molecular weight is 200 g/mol. The van der Waals surface area contributed by atoms with E-state index < -0.39 is 0 Å². The fraction of sp³-hybridized carbons (Fsp3) is 1.00. The van der Waals surface area contributed by atoms with Crippen LogP contribution in [0.2, 0.25) is 0 Å². The van der Waals surface area contributed by atoms with E-state index in [0.29, 0.717) is 0 Å². The second kappa shape index (κ2) is 7.21. The summed E-state index contributed by atoms with van der Waals surface area (Å²) in [5.41, 5.74) is 0. The molecule has 2 fully saturated rings. The summed E-state index contributed by atoms with van der Waals surface area (Å²) in [6.45, 7) is 5.24. The van der Waals surface area contributed by atoms with Crippen molar-refractivity contribution in [3.8, 4) is 0 Å². The molecule has 0 aromatic heterocycles. The van der Waals surface area contributed by atoms with Gasteiger partial charge in [-0.1, -0.05) is 6.42 Å². The lowest BCUT2D eigenvalue weighted by Gasteiger charge is -2.28. The standard InChI is InChI=1S/C10H20N2.CH4O/c1-2-7-12(8-3-1)9-10-5-4-6-11-10;1-2/h10-11H,1-9H2;2H,1H3. The van der Waals surface area contributed by atoms with Crippen LogP contribution in [0.25, 0.3) is 0 Å². The van der Waals surface area contributed by atoms with Crippen molar-refractivity contribution in [2.24, 2.45) is 0 Å². The van der Waals surface area contributed by atoms with Crippen molar-refractivity contribution in [2.75, 3.05) is 33.3 Å². The molecule has 3 nitrogen and oxygen atoms in total. The van der Waals surface area contributed by atoms with Gasteiger partial charge >= 0.3 is 0 Å². The molecule has 0 aromatic rings. The predicted molar refractivity (Wildman–Crippen MR) is 59.5 cm³/mol. The number of hydrogen-bond donors (Lipinski definition) is 2. The van der Waals surface area contributed by atoms with Crippen LogP contribution >= 0.6 is 0 Å². The Bertz CT molecular complexity index is 129. The van der Waals surface area contributed by atoms with Crippen molar-refractivity contribution < 1.29 is 5.11 Å². The van der Waals surface area contributed by atoms with E-state index in [1.165, 1.54) is 58.3 Å². The van der Waals surface area contributed by atoms with E-state index in [-0.39, 0.29) is 0 Å². The highest BCUT2D eigenvalue weighted by Gasteiger charge is 2.18. The molecule has 2 aliphatic heterocycles. The first-order valence-corrected chi connectivity index (χ1v) is 5.85. The van der Waals surface area contributed by atoms with E-state index in [0.717, 1.165) is 13.2 Å². The minimum atomic E-state index is 0.808. The Balaban J connectivity index is 0.000000461. The van der Waals surface area contributed by atoms with Gasteiger partial charge in [0.1, 0.15) is 0 Å². The summed E-state index contributed by atoms with van der Waals surface area (Å²) >= 11 is 0. The second-order valence-corrected chi connectivity index (χ2v) is 4.15. The van der Waals surface area contributed by atoms with E-state index in [1.807, 2.05) is 0 Å². The normalized spacial score (nSPS) is 28.3. The molecule has 0 aliphatic carbocycles. The third-order valence-electron chi connectivity index (χ3n) is 3.09. The van der Waals surface area contributed by atoms with Gasteiger partial charge in [0.05, 0.1) is 0 Å². The topological polar surface area (TPSA) is 35.5 Å². The van der Waals surface area contributed by atoms with E-state index in [4.69, 9.17) is 5.11 Å². The lowest BCUT2D eigenvalue weighted by molar-refractivity contribution is 0.210. The molecule has 14 heavy (non-hydrogen) atoms. The smallest absolute Gasteiger partial charge is 0.0319 e. The Kier molecular flexibility index (Phi) is 6.15. The van der Waals surface area contributed by atoms with Gasteiger partial charge in [-0.25, -0.2) is 0 Å². The zero-order chi connectivity index (χ0) is 10.2. The summed E-state index contributed by atoms with van der Waals surface area (Å²) in [5, 5.41) is 10.6. The molecule has 2 heterocycles. The number of aliphatic hydroxyl groups is 1. The van der Waals surface area contributed by atoms with E-state index in [2.05, 4.69) is 10.2 Å². The van der Waals surface area contributed by atoms with Crippen LogP contribution in [0.3, 0.4) is 0 Å². The molecular weight excluding hydrogens is 176 g/mol. The number of piperidine rings is 1. The van der Waals surface area contributed by atoms with Crippen molar-refractivity contribution in [1.29, 1.82) is 0 Å². The Morgan fingerprint density at radius 2 is 1.86 bits per heavy atom. The Hall–Kier alpha value is -0.120. The largest absolute Gasteiger partial charge is 0.400 e. The number of rotatable bonds is 2. The molecule has 2 N–H and O–H groups in total. The van der Waals surface area contributed by atoms with Crippen LogP contribution in [-0.2, 0) is 0 Å². The maximum Gasteiger partial charge on any atom is 0.0319 e. The van der Waals surface area contributed by atoms with Crippen LogP contribution < -0.4 is 5.32 Å². The summed E-state index contributed by atoms with van der Waals surface area (Å²) < 4.78 is 0. The number of likely N-dealkylation sites (tertiary alicyclic amines) is 1. The van der Waals surface area contributed by atoms with Gasteiger partial charge in [-0.05, 0) is 45.3 Å². The molecule has 0 bridgehead atoms. The second-order valence-electron chi connectivity index (χ2n) is 4.15. The van der Waals surface area contributed by atoms with Crippen LogP contribution in [0.4, 0.5) is 0 Å². The van der Waals surface area contributed by atoms with Crippen molar-refractivity contribution in [3.63, 3.8) is 0 Å². The molecule has 84 valence electrons. The van der Waals surface area contributed by atoms with Gasteiger partial charge in [0.15, 0.2) is 0 Å². The minimum Gasteiger partial charge on any atom is -0.400 e. The van der Waals surface area contributed by atoms with Gasteiger partial charge in [-0.3, -0.25) is 0 Å². The van der Waals surface area contributed by atoms with Crippen LogP contribution in [0, 0.1) is 0 Å². The van der Waals surface area contributed by atoms with Gasteiger partial charge in [0, 0.05) is 19.7 Å².